The molecule has 0 bridgehead atoms. The maximum absolute atomic E-state index is 13.0. The lowest BCUT2D eigenvalue weighted by Crippen LogP contribution is -2.40. The van der Waals surface area contributed by atoms with Crippen LogP contribution in [0.1, 0.15) is 17.2 Å². The Hall–Kier alpha value is -2.95. The van der Waals surface area contributed by atoms with Crippen LogP contribution < -0.4 is 10.1 Å². The van der Waals surface area contributed by atoms with Crippen molar-refractivity contribution in [1.29, 1.82) is 0 Å². The van der Waals surface area contributed by atoms with Crippen LogP contribution in [0.15, 0.2) is 42.6 Å². The molecule has 2 rings (SSSR count). The monoisotopic (exact) mass is 406 g/mol. The van der Waals surface area contributed by atoms with Crippen molar-refractivity contribution in [2.24, 2.45) is 0 Å². The van der Waals surface area contributed by atoms with Crippen molar-refractivity contribution in [3.8, 4) is 5.75 Å². The van der Waals surface area contributed by atoms with Crippen LogP contribution >= 0.6 is 0 Å². The minimum absolute atomic E-state index is 0.108. The summed E-state index contributed by atoms with van der Waals surface area (Å²) in [5, 5.41) is 21.4. The number of rotatable bonds is 8. The fourth-order valence-electron chi connectivity index (χ4n) is 2.39. The number of nitrogens with zero attached hydrogens (tertiary/aromatic N) is 1. The van der Waals surface area contributed by atoms with Crippen LogP contribution in [0, 0.1) is 5.95 Å². The Morgan fingerprint density at radius 3 is 2.54 bits per heavy atom. The maximum atomic E-state index is 13.0. The molecule has 1 aromatic carbocycles. The minimum atomic E-state index is -4.70. The normalized spacial score (nSPS) is 13.8. The molecule has 0 saturated carbocycles. The summed E-state index contributed by atoms with van der Waals surface area (Å²) in [7, 11) is 0. The van der Waals surface area contributed by atoms with Gasteiger partial charge in [0.05, 0.1) is 6.04 Å². The van der Waals surface area contributed by atoms with Gasteiger partial charge in [0.15, 0.2) is 0 Å². The number of aliphatic hydroxyl groups is 1. The molecular weight excluding hydrogens is 391 g/mol. The first kappa shape index (κ1) is 21.4. The molecule has 1 aromatic heterocycles. The SMILES string of the molecule is O=C(O)NC(Cc1cccc(OC(F)(F)C(F)F)c1)C(O)c1ccc(F)nc1. The Morgan fingerprint density at radius 2 is 1.96 bits per heavy atom. The number of pyridine rings is 1. The largest absolute Gasteiger partial charge is 0.465 e. The molecule has 3 N–H and O–H groups in total. The predicted octanol–water partition coefficient (Wildman–Crippen LogP) is 3.37. The molecule has 2 atom stereocenters. The van der Waals surface area contributed by atoms with E-state index in [2.05, 4.69) is 15.0 Å². The second kappa shape index (κ2) is 8.83. The van der Waals surface area contributed by atoms with Gasteiger partial charge in [0.25, 0.3) is 0 Å². The van der Waals surface area contributed by atoms with Gasteiger partial charge in [0.2, 0.25) is 5.95 Å². The summed E-state index contributed by atoms with van der Waals surface area (Å²) in [4.78, 5) is 14.4. The summed E-state index contributed by atoms with van der Waals surface area (Å²) in [6, 6.07) is 5.69. The molecule has 0 aliphatic heterocycles. The lowest BCUT2D eigenvalue weighted by atomic mass is 9.97. The van der Waals surface area contributed by atoms with E-state index in [0.717, 1.165) is 24.4 Å². The van der Waals surface area contributed by atoms with Crippen LogP contribution in [0.4, 0.5) is 26.7 Å². The summed E-state index contributed by atoms with van der Waals surface area (Å²) in [6.07, 6.45) is -10.9. The van der Waals surface area contributed by atoms with Crippen LogP contribution in [0.2, 0.25) is 0 Å². The van der Waals surface area contributed by atoms with Crippen LogP contribution in [0.25, 0.3) is 0 Å². The fraction of sp³-hybridized carbons (Fsp3) is 0.294. The first-order chi connectivity index (χ1) is 13.1. The predicted molar refractivity (Wildman–Crippen MR) is 85.8 cm³/mol. The molecule has 6 nitrogen and oxygen atoms in total. The third-order valence-electron chi connectivity index (χ3n) is 3.64. The number of benzene rings is 1. The molecule has 1 heterocycles. The number of aromatic nitrogens is 1. The van der Waals surface area contributed by atoms with E-state index in [1.165, 1.54) is 18.2 Å². The molecule has 0 spiro atoms. The summed E-state index contributed by atoms with van der Waals surface area (Å²) >= 11 is 0. The zero-order chi connectivity index (χ0) is 20.9. The van der Waals surface area contributed by atoms with Crippen molar-refractivity contribution in [3.63, 3.8) is 0 Å². The number of aliphatic hydroxyl groups excluding tert-OH is 1. The average Bonchev–Trinajstić information content (AvgIpc) is 2.60. The van der Waals surface area contributed by atoms with Gasteiger partial charge < -0.3 is 20.3 Å². The highest BCUT2D eigenvalue weighted by molar-refractivity contribution is 5.65. The molecule has 1 amide bonds. The van der Waals surface area contributed by atoms with E-state index in [1.54, 1.807) is 0 Å². The number of hydrogen-bond donors (Lipinski definition) is 3. The van der Waals surface area contributed by atoms with Crippen molar-refractivity contribution in [3.05, 3.63) is 59.7 Å². The number of alkyl halides is 4. The summed E-state index contributed by atoms with van der Waals surface area (Å²) in [6.45, 7) is 0. The Labute approximate surface area is 155 Å². The molecule has 11 heteroatoms. The van der Waals surface area contributed by atoms with Gasteiger partial charge in [0.1, 0.15) is 11.9 Å². The molecule has 0 saturated heterocycles. The van der Waals surface area contributed by atoms with E-state index in [1.807, 2.05) is 0 Å². The number of halogens is 5. The smallest absolute Gasteiger partial charge is 0.461 e. The fourth-order valence-corrected chi connectivity index (χ4v) is 2.39. The molecule has 0 radical (unpaired) electrons. The number of ether oxygens (including phenoxy) is 1. The summed E-state index contributed by atoms with van der Waals surface area (Å²) < 4.78 is 67.5. The second-order valence-corrected chi connectivity index (χ2v) is 5.73. The standard InChI is InChI=1S/C17H15F5N2O4/c18-13-5-4-10(8-23-13)14(25)12(24-16(26)27)7-9-2-1-3-11(6-9)28-17(21,22)15(19)20/h1-6,8,12,14-15,24-25H,7H2,(H,26,27). The second-order valence-electron chi connectivity index (χ2n) is 5.73. The minimum Gasteiger partial charge on any atom is -0.465 e. The molecule has 0 fully saturated rings. The Kier molecular flexibility index (Phi) is 6.73. The highest BCUT2D eigenvalue weighted by atomic mass is 19.3. The zero-order valence-electron chi connectivity index (χ0n) is 14.0. The van der Waals surface area contributed by atoms with E-state index < -0.39 is 42.5 Å². The van der Waals surface area contributed by atoms with E-state index in [9.17, 15) is 31.9 Å². The molecule has 2 unspecified atom stereocenters. The molecule has 2 aromatic rings. The third kappa shape index (κ3) is 5.78. The van der Waals surface area contributed by atoms with Gasteiger partial charge in [-0.2, -0.15) is 22.0 Å². The average molecular weight is 406 g/mol. The maximum Gasteiger partial charge on any atom is 0.461 e. The molecule has 152 valence electrons. The van der Waals surface area contributed by atoms with Gasteiger partial charge in [-0.25, -0.2) is 9.78 Å². The first-order valence-corrected chi connectivity index (χ1v) is 7.81. The van der Waals surface area contributed by atoms with E-state index in [0.29, 0.717) is 0 Å². The highest BCUT2D eigenvalue weighted by Gasteiger charge is 2.44. The number of hydrogen-bond acceptors (Lipinski definition) is 4. The zero-order valence-corrected chi connectivity index (χ0v) is 14.0. The van der Waals surface area contributed by atoms with Gasteiger partial charge in [0, 0.05) is 11.8 Å². The quantitative estimate of drug-likeness (QED) is 0.462. The van der Waals surface area contributed by atoms with Crippen LogP contribution in [0.3, 0.4) is 0 Å². The lowest BCUT2D eigenvalue weighted by Gasteiger charge is -2.23. The van der Waals surface area contributed by atoms with E-state index in [4.69, 9.17) is 5.11 Å². The van der Waals surface area contributed by atoms with Crippen molar-refractivity contribution >= 4 is 6.09 Å². The molecular formula is C17H15F5N2O4. The molecule has 28 heavy (non-hydrogen) atoms. The first-order valence-electron chi connectivity index (χ1n) is 7.81. The van der Waals surface area contributed by atoms with Crippen LogP contribution in [-0.4, -0.2) is 39.9 Å². The summed E-state index contributed by atoms with van der Waals surface area (Å²) in [5.74, 6) is -1.36. The van der Waals surface area contributed by atoms with Crippen molar-refractivity contribution in [1.82, 2.24) is 10.3 Å². The van der Waals surface area contributed by atoms with Gasteiger partial charge in [-0.05, 0) is 30.2 Å². The van der Waals surface area contributed by atoms with E-state index in [-0.39, 0.29) is 17.5 Å². The Balaban J connectivity index is 2.21. The number of carboxylic acid groups (broad SMARTS) is 1. The van der Waals surface area contributed by atoms with Crippen molar-refractivity contribution < 1.29 is 41.7 Å². The Morgan fingerprint density at radius 1 is 1.25 bits per heavy atom. The molecule has 0 aliphatic carbocycles. The number of amides is 1. The van der Waals surface area contributed by atoms with E-state index >= 15 is 0 Å². The summed E-state index contributed by atoms with van der Waals surface area (Å²) in [5.41, 5.74) is 0.326. The highest BCUT2D eigenvalue weighted by Crippen LogP contribution is 2.28. The van der Waals surface area contributed by atoms with Gasteiger partial charge in [-0.3, -0.25) is 0 Å². The number of carbonyl (C=O) groups is 1. The Bertz CT molecular complexity index is 804. The van der Waals surface area contributed by atoms with Crippen LogP contribution in [-0.2, 0) is 6.42 Å². The van der Waals surface area contributed by atoms with Gasteiger partial charge in [-0.1, -0.05) is 18.2 Å². The lowest BCUT2D eigenvalue weighted by molar-refractivity contribution is -0.253. The van der Waals surface area contributed by atoms with Gasteiger partial charge >= 0.3 is 18.6 Å². The van der Waals surface area contributed by atoms with Gasteiger partial charge in [-0.15, -0.1) is 0 Å². The van der Waals surface area contributed by atoms with Crippen molar-refractivity contribution in [2.75, 3.05) is 0 Å². The topological polar surface area (TPSA) is 91.7 Å². The molecule has 0 aliphatic rings. The third-order valence-corrected chi connectivity index (χ3v) is 3.64. The number of nitrogens with one attached hydrogen (secondary N) is 1. The van der Waals surface area contributed by atoms with Crippen LogP contribution in [0.5, 0.6) is 5.75 Å². The van der Waals surface area contributed by atoms with Crippen molar-refractivity contribution in [2.45, 2.75) is 31.1 Å².